The molecule has 2 unspecified atom stereocenters. The first-order chi connectivity index (χ1) is 13.9. The molecule has 29 heavy (non-hydrogen) atoms. The van der Waals surface area contributed by atoms with Crippen LogP contribution < -0.4 is 16.0 Å². The Hall–Kier alpha value is -1.64. The van der Waals surface area contributed by atoms with Crippen LogP contribution in [0.25, 0.3) is 0 Å². The second kappa shape index (κ2) is 9.91. The van der Waals surface area contributed by atoms with Gasteiger partial charge in [-0.2, -0.15) is 0 Å². The third kappa shape index (κ3) is 6.42. The van der Waals surface area contributed by atoms with Gasteiger partial charge < -0.3 is 20.7 Å². The molecule has 0 radical (unpaired) electrons. The van der Waals surface area contributed by atoms with Crippen LogP contribution in [0, 0.1) is 0 Å². The number of nitrogens with zero attached hydrogens (tertiary/aromatic N) is 1. The lowest BCUT2D eigenvalue weighted by Gasteiger charge is -2.39. The third-order valence-electron chi connectivity index (χ3n) is 5.73. The van der Waals surface area contributed by atoms with E-state index in [2.05, 4.69) is 47.1 Å². The fraction of sp³-hybridized carbons (Fsp3) is 0.667. The molecule has 162 valence electrons. The van der Waals surface area contributed by atoms with E-state index in [4.69, 9.17) is 9.73 Å². The van der Waals surface area contributed by atoms with E-state index < -0.39 is 9.84 Å². The van der Waals surface area contributed by atoms with Crippen LogP contribution in [-0.2, 0) is 14.6 Å². The molecule has 7 nitrogen and oxygen atoms in total. The van der Waals surface area contributed by atoms with Crippen LogP contribution >= 0.6 is 0 Å². The quantitative estimate of drug-likeness (QED) is 0.457. The molecule has 3 rings (SSSR count). The Labute approximate surface area is 174 Å². The van der Waals surface area contributed by atoms with Crippen LogP contribution in [0.3, 0.4) is 0 Å². The predicted molar refractivity (Wildman–Crippen MR) is 117 cm³/mol. The first-order valence-electron chi connectivity index (χ1n) is 10.6. The van der Waals surface area contributed by atoms with E-state index in [0.29, 0.717) is 18.9 Å². The van der Waals surface area contributed by atoms with E-state index >= 15 is 0 Å². The van der Waals surface area contributed by atoms with E-state index in [9.17, 15) is 8.42 Å². The van der Waals surface area contributed by atoms with Crippen molar-refractivity contribution in [2.24, 2.45) is 4.99 Å². The molecule has 0 spiro atoms. The van der Waals surface area contributed by atoms with Gasteiger partial charge in [-0.3, -0.25) is 4.99 Å². The molecule has 2 aliphatic rings. The Morgan fingerprint density at radius 1 is 1.28 bits per heavy atom. The minimum absolute atomic E-state index is 0.0698. The Morgan fingerprint density at radius 3 is 2.62 bits per heavy atom. The summed E-state index contributed by atoms with van der Waals surface area (Å²) in [6.07, 6.45) is 2.42. The summed E-state index contributed by atoms with van der Waals surface area (Å²) < 4.78 is 29.1. The van der Waals surface area contributed by atoms with Crippen LogP contribution in [0.1, 0.15) is 44.7 Å². The maximum absolute atomic E-state index is 11.8. The van der Waals surface area contributed by atoms with Crippen molar-refractivity contribution in [2.45, 2.75) is 50.7 Å². The fourth-order valence-electron chi connectivity index (χ4n) is 4.05. The van der Waals surface area contributed by atoms with Crippen molar-refractivity contribution in [3.63, 3.8) is 0 Å². The van der Waals surface area contributed by atoms with Crippen LogP contribution in [0.5, 0.6) is 0 Å². The standard InChI is InChI=1S/C21H34N4O3S/c1-3-22-20(24-19-9-14-29(26,27)15-19)23-16-21(10-12-28-13-11-21)25-17(2)18-7-5-4-6-8-18/h4-8,17,19,25H,3,9-16H2,1-2H3,(H2,22,23,24). The first kappa shape index (κ1) is 22.1. The predicted octanol–water partition coefficient (Wildman–Crippen LogP) is 1.63. The summed E-state index contributed by atoms with van der Waals surface area (Å²) in [6, 6.07) is 10.6. The van der Waals surface area contributed by atoms with Gasteiger partial charge in [0.05, 0.1) is 18.1 Å². The lowest BCUT2D eigenvalue weighted by molar-refractivity contribution is 0.0374. The van der Waals surface area contributed by atoms with Crippen LogP contribution in [0.15, 0.2) is 35.3 Å². The molecule has 3 N–H and O–H groups in total. The van der Waals surface area contributed by atoms with Gasteiger partial charge in [-0.25, -0.2) is 8.42 Å². The topological polar surface area (TPSA) is 91.8 Å². The number of ether oxygens (including phenoxy) is 1. The van der Waals surface area contributed by atoms with Crippen molar-refractivity contribution in [1.29, 1.82) is 0 Å². The van der Waals surface area contributed by atoms with Gasteiger partial charge in [-0.05, 0) is 38.7 Å². The minimum Gasteiger partial charge on any atom is -0.381 e. The molecule has 2 aliphatic heterocycles. The maximum atomic E-state index is 11.8. The molecule has 0 bridgehead atoms. The monoisotopic (exact) mass is 422 g/mol. The minimum atomic E-state index is -2.92. The number of rotatable bonds is 7. The molecule has 2 atom stereocenters. The average molecular weight is 423 g/mol. The highest BCUT2D eigenvalue weighted by Gasteiger charge is 2.34. The number of hydrogen-bond donors (Lipinski definition) is 3. The van der Waals surface area contributed by atoms with E-state index in [1.807, 2.05) is 13.0 Å². The van der Waals surface area contributed by atoms with E-state index in [0.717, 1.165) is 32.6 Å². The van der Waals surface area contributed by atoms with Crippen LogP contribution in [0.4, 0.5) is 0 Å². The number of benzene rings is 1. The molecule has 2 fully saturated rings. The van der Waals surface area contributed by atoms with Gasteiger partial charge in [-0.1, -0.05) is 30.3 Å². The van der Waals surface area contributed by atoms with Crippen LogP contribution in [0.2, 0.25) is 0 Å². The largest absolute Gasteiger partial charge is 0.381 e. The van der Waals surface area contributed by atoms with Gasteiger partial charge in [0.1, 0.15) is 0 Å². The molecule has 8 heteroatoms. The highest BCUT2D eigenvalue weighted by molar-refractivity contribution is 7.91. The molecule has 1 aromatic rings. The van der Waals surface area contributed by atoms with Crippen molar-refractivity contribution in [3.05, 3.63) is 35.9 Å². The molecule has 0 amide bonds. The summed E-state index contributed by atoms with van der Waals surface area (Å²) in [5.74, 6) is 1.12. The number of sulfone groups is 1. The number of hydrogen-bond acceptors (Lipinski definition) is 5. The summed E-state index contributed by atoms with van der Waals surface area (Å²) in [7, 11) is -2.92. The Kier molecular flexibility index (Phi) is 7.54. The van der Waals surface area contributed by atoms with E-state index in [1.165, 1.54) is 5.56 Å². The van der Waals surface area contributed by atoms with Crippen molar-refractivity contribution >= 4 is 15.8 Å². The van der Waals surface area contributed by atoms with Crippen molar-refractivity contribution < 1.29 is 13.2 Å². The zero-order chi connectivity index (χ0) is 20.7. The second-order valence-corrected chi connectivity index (χ2v) is 10.3. The first-order valence-corrected chi connectivity index (χ1v) is 12.4. The van der Waals surface area contributed by atoms with Gasteiger partial charge in [0, 0.05) is 37.4 Å². The zero-order valence-corrected chi connectivity index (χ0v) is 18.3. The molecular formula is C21H34N4O3S. The number of guanidine groups is 1. The third-order valence-corrected chi connectivity index (χ3v) is 7.50. The summed E-state index contributed by atoms with van der Waals surface area (Å²) in [5.41, 5.74) is 1.11. The van der Waals surface area contributed by atoms with Gasteiger partial charge in [-0.15, -0.1) is 0 Å². The Balaban J connectivity index is 1.70. The number of aliphatic imine (C=N–C) groups is 1. The summed E-state index contributed by atoms with van der Waals surface area (Å²) >= 11 is 0. The van der Waals surface area contributed by atoms with E-state index in [-0.39, 0.29) is 29.1 Å². The molecule has 2 heterocycles. The van der Waals surface area contributed by atoms with Crippen molar-refractivity contribution in [1.82, 2.24) is 16.0 Å². The summed E-state index contributed by atoms with van der Waals surface area (Å²) in [4.78, 5) is 4.85. The smallest absolute Gasteiger partial charge is 0.191 e. The van der Waals surface area contributed by atoms with Gasteiger partial charge in [0.2, 0.25) is 0 Å². The molecule has 2 saturated heterocycles. The summed E-state index contributed by atoms with van der Waals surface area (Å²) in [6.45, 7) is 6.98. The Bertz CT molecular complexity index is 776. The SMILES string of the molecule is CCNC(=NCC1(NC(C)c2ccccc2)CCOCC1)NC1CCS(=O)(=O)C1. The highest BCUT2D eigenvalue weighted by atomic mass is 32.2. The molecular weight excluding hydrogens is 388 g/mol. The van der Waals surface area contributed by atoms with Gasteiger partial charge in [0.15, 0.2) is 15.8 Å². The molecule has 1 aromatic carbocycles. The maximum Gasteiger partial charge on any atom is 0.191 e. The average Bonchev–Trinajstić information content (AvgIpc) is 3.06. The second-order valence-electron chi connectivity index (χ2n) is 8.11. The molecule has 0 aromatic heterocycles. The number of nitrogens with one attached hydrogen (secondary N) is 3. The fourth-order valence-corrected chi connectivity index (χ4v) is 5.72. The molecule has 0 saturated carbocycles. The zero-order valence-electron chi connectivity index (χ0n) is 17.5. The molecule has 0 aliphatic carbocycles. The van der Waals surface area contributed by atoms with Gasteiger partial charge >= 0.3 is 0 Å². The highest BCUT2D eigenvalue weighted by Crippen LogP contribution is 2.26. The van der Waals surface area contributed by atoms with E-state index in [1.54, 1.807) is 0 Å². The van der Waals surface area contributed by atoms with Gasteiger partial charge in [0.25, 0.3) is 0 Å². The lowest BCUT2D eigenvalue weighted by atomic mass is 9.88. The van der Waals surface area contributed by atoms with Crippen molar-refractivity contribution in [2.75, 3.05) is 37.8 Å². The Morgan fingerprint density at radius 2 is 2.00 bits per heavy atom. The lowest BCUT2D eigenvalue weighted by Crippen LogP contribution is -2.53. The van der Waals surface area contributed by atoms with Crippen molar-refractivity contribution in [3.8, 4) is 0 Å². The van der Waals surface area contributed by atoms with Crippen LogP contribution in [-0.4, -0.2) is 63.8 Å². The normalized spacial score (nSPS) is 24.8. The summed E-state index contributed by atoms with van der Waals surface area (Å²) in [5, 5.41) is 10.4.